The fourth-order valence-electron chi connectivity index (χ4n) is 1.60. The molecule has 0 rings (SSSR count). The molecule has 14 heavy (non-hydrogen) atoms. The van der Waals surface area contributed by atoms with Gasteiger partial charge in [-0.3, -0.25) is 9.69 Å². The van der Waals surface area contributed by atoms with Gasteiger partial charge in [0.1, 0.15) is 0 Å². The summed E-state index contributed by atoms with van der Waals surface area (Å²) in [5, 5.41) is 0. The summed E-state index contributed by atoms with van der Waals surface area (Å²) in [5.41, 5.74) is 0.662. The van der Waals surface area contributed by atoms with Crippen molar-refractivity contribution in [1.29, 1.82) is 0 Å². The van der Waals surface area contributed by atoms with Crippen LogP contribution in [-0.2, 0) is 4.79 Å². The standard InChI is InChI=1S/C12H23NO/c1-6-8-13(9-7-2)11(5)12(14)10(3)4/h11H,3,6-9H2,1-2,4-5H3. The number of hydrogen-bond donors (Lipinski definition) is 0. The fraction of sp³-hybridized carbons (Fsp3) is 0.750. The lowest BCUT2D eigenvalue weighted by Crippen LogP contribution is -2.40. The molecule has 0 N–H and O–H groups in total. The minimum Gasteiger partial charge on any atom is -0.294 e. The predicted molar refractivity (Wildman–Crippen MR) is 61.4 cm³/mol. The quantitative estimate of drug-likeness (QED) is 0.585. The Morgan fingerprint density at radius 2 is 1.71 bits per heavy atom. The highest BCUT2D eigenvalue weighted by Crippen LogP contribution is 2.07. The molecular weight excluding hydrogens is 174 g/mol. The third-order valence-electron chi connectivity index (χ3n) is 2.37. The molecule has 0 aromatic rings. The van der Waals surface area contributed by atoms with E-state index in [1.54, 1.807) is 6.92 Å². The molecule has 0 saturated carbocycles. The van der Waals surface area contributed by atoms with Crippen LogP contribution in [0.5, 0.6) is 0 Å². The van der Waals surface area contributed by atoms with E-state index in [4.69, 9.17) is 0 Å². The molecule has 0 spiro atoms. The Hall–Kier alpha value is -0.630. The Bertz CT molecular complexity index is 192. The second-order valence-electron chi connectivity index (χ2n) is 3.86. The lowest BCUT2D eigenvalue weighted by molar-refractivity contribution is -0.120. The fourth-order valence-corrected chi connectivity index (χ4v) is 1.60. The molecule has 0 heterocycles. The third kappa shape index (κ3) is 4.05. The molecule has 0 aliphatic carbocycles. The Kier molecular flexibility index (Phi) is 6.46. The Morgan fingerprint density at radius 3 is 2.00 bits per heavy atom. The molecular formula is C12H23NO. The summed E-state index contributed by atoms with van der Waals surface area (Å²) in [6.07, 6.45) is 2.18. The predicted octanol–water partition coefficient (Wildman–Crippen LogP) is 2.64. The molecule has 0 radical (unpaired) electrons. The first kappa shape index (κ1) is 13.4. The van der Waals surface area contributed by atoms with Gasteiger partial charge in [-0.1, -0.05) is 20.4 Å². The van der Waals surface area contributed by atoms with Crippen LogP contribution in [0, 0.1) is 0 Å². The summed E-state index contributed by atoms with van der Waals surface area (Å²) in [6.45, 7) is 13.7. The monoisotopic (exact) mass is 197 g/mol. The normalized spacial score (nSPS) is 12.9. The summed E-state index contributed by atoms with van der Waals surface area (Å²) < 4.78 is 0. The zero-order valence-electron chi connectivity index (χ0n) is 9.97. The molecule has 2 nitrogen and oxygen atoms in total. The van der Waals surface area contributed by atoms with E-state index < -0.39 is 0 Å². The summed E-state index contributed by atoms with van der Waals surface area (Å²) in [4.78, 5) is 13.9. The average molecular weight is 197 g/mol. The van der Waals surface area contributed by atoms with Crippen molar-refractivity contribution in [1.82, 2.24) is 4.90 Å². The van der Waals surface area contributed by atoms with Crippen LogP contribution >= 0.6 is 0 Å². The maximum Gasteiger partial charge on any atom is 0.174 e. The second-order valence-corrected chi connectivity index (χ2v) is 3.86. The lowest BCUT2D eigenvalue weighted by atomic mass is 10.1. The Morgan fingerprint density at radius 1 is 1.29 bits per heavy atom. The van der Waals surface area contributed by atoms with Gasteiger partial charge in [-0.05, 0) is 45.4 Å². The molecule has 0 aromatic carbocycles. The van der Waals surface area contributed by atoms with E-state index in [-0.39, 0.29) is 11.8 Å². The number of ketones is 1. The average Bonchev–Trinajstić information content (AvgIpc) is 2.15. The highest BCUT2D eigenvalue weighted by Gasteiger charge is 2.19. The van der Waals surface area contributed by atoms with Crippen molar-refractivity contribution in [2.24, 2.45) is 0 Å². The van der Waals surface area contributed by atoms with E-state index >= 15 is 0 Å². The second kappa shape index (κ2) is 6.77. The van der Waals surface area contributed by atoms with Crippen LogP contribution in [0.2, 0.25) is 0 Å². The molecule has 82 valence electrons. The molecule has 0 fully saturated rings. The van der Waals surface area contributed by atoms with Crippen molar-refractivity contribution in [2.45, 2.75) is 46.6 Å². The van der Waals surface area contributed by atoms with E-state index in [1.807, 2.05) is 6.92 Å². The molecule has 1 atom stereocenters. The van der Waals surface area contributed by atoms with Gasteiger partial charge < -0.3 is 0 Å². The minimum atomic E-state index is -0.00704. The number of carbonyl (C=O) groups excluding carboxylic acids is 1. The van der Waals surface area contributed by atoms with Crippen molar-refractivity contribution < 1.29 is 4.79 Å². The number of Topliss-reactive ketones (excluding diaryl/α,β-unsaturated/α-hetero) is 1. The largest absolute Gasteiger partial charge is 0.294 e. The first-order chi connectivity index (χ1) is 6.54. The topological polar surface area (TPSA) is 20.3 Å². The third-order valence-corrected chi connectivity index (χ3v) is 2.37. The van der Waals surface area contributed by atoms with Crippen molar-refractivity contribution in [3.8, 4) is 0 Å². The molecule has 2 heteroatoms. The van der Waals surface area contributed by atoms with E-state index in [0.717, 1.165) is 25.9 Å². The lowest BCUT2D eigenvalue weighted by Gasteiger charge is -2.27. The molecule has 1 unspecified atom stereocenters. The van der Waals surface area contributed by atoms with Crippen LogP contribution in [0.4, 0.5) is 0 Å². The van der Waals surface area contributed by atoms with Crippen LogP contribution in [0.15, 0.2) is 12.2 Å². The summed E-state index contributed by atoms with van der Waals surface area (Å²) in [6, 6.07) is -0.00704. The van der Waals surface area contributed by atoms with E-state index in [1.165, 1.54) is 0 Å². The maximum atomic E-state index is 11.7. The van der Waals surface area contributed by atoms with Crippen molar-refractivity contribution in [3.05, 3.63) is 12.2 Å². The zero-order chi connectivity index (χ0) is 11.1. The van der Waals surface area contributed by atoms with E-state index in [0.29, 0.717) is 5.57 Å². The summed E-state index contributed by atoms with van der Waals surface area (Å²) in [5.74, 6) is 0.173. The van der Waals surface area contributed by atoms with E-state index in [9.17, 15) is 4.79 Å². The van der Waals surface area contributed by atoms with Crippen LogP contribution < -0.4 is 0 Å². The number of nitrogens with zero attached hydrogens (tertiary/aromatic N) is 1. The van der Waals surface area contributed by atoms with Gasteiger partial charge in [-0.15, -0.1) is 0 Å². The van der Waals surface area contributed by atoms with Gasteiger partial charge in [0.15, 0.2) is 5.78 Å². The summed E-state index contributed by atoms with van der Waals surface area (Å²) >= 11 is 0. The zero-order valence-corrected chi connectivity index (χ0v) is 9.97. The highest BCUT2D eigenvalue weighted by atomic mass is 16.1. The maximum absolute atomic E-state index is 11.7. The molecule has 0 bridgehead atoms. The molecule has 0 aliphatic heterocycles. The minimum absolute atomic E-state index is 0.00704. The van der Waals surface area contributed by atoms with Crippen molar-refractivity contribution in [2.75, 3.05) is 13.1 Å². The SMILES string of the molecule is C=C(C)C(=O)C(C)N(CCC)CCC. The van der Waals surface area contributed by atoms with Crippen LogP contribution in [0.1, 0.15) is 40.5 Å². The van der Waals surface area contributed by atoms with Gasteiger partial charge in [-0.2, -0.15) is 0 Å². The number of hydrogen-bond acceptors (Lipinski definition) is 2. The van der Waals surface area contributed by atoms with Gasteiger partial charge in [0.05, 0.1) is 6.04 Å². The molecule has 0 amide bonds. The first-order valence-corrected chi connectivity index (χ1v) is 5.48. The van der Waals surface area contributed by atoms with Crippen LogP contribution in [0.3, 0.4) is 0 Å². The van der Waals surface area contributed by atoms with Gasteiger partial charge in [-0.25, -0.2) is 0 Å². The Balaban J connectivity index is 4.33. The molecule has 0 aliphatic rings. The number of carbonyl (C=O) groups is 1. The first-order valence-electron chi connectivity index (χ1n) is 5.48. The van der Waals surface area contributed by atoms with Gasteiger partial charge in [0, 0.05) is 0 Å². The Labute approximate surface area is 88.0 Å². The van der Waals surface area contributed by atoms with E-state index in [2.05, 4.69) is 25.3 Å². The molecule has 0 saturated heterocycles. The van der Waals surface area contributed by atoms with Crippen molar-refractivity contribution in [3.63, 3.8) is 0 Å². The van der Waals surface area contributed by atoms with Gasteiger partial charge in [0.25, 0.3) is 0 Å². The highest BCUT2D eigenvalue weighted by molar-refractivity contribution is 5.98. The van der Waals surface area contributed by atoms with Gasteiger partial charge >= 0.3 is 0 Å². The van der Waals surface area contributed by atoms with Gasteiger partial charge in [0.2, 0.25) is 0 Å². The molecule has 0 aromatic heterocycles. The van der Waals surface area contributed by atoms with Crippen molar-refractivity contribution >= 4 is 5.78 Å². The van der Waals surface area contributed by atoms with Crippen LogP contribution in [-0.4, -0.2) is 29.8 Å². The van der Waals surface area contributed by atoms with Crippen LogP contribution in [0.25, 0.3) is 0 Å². The smallest absolute Gasteiger partial charge is 0.174 e. The number of rotatable bonds is 7. The summed E-state index contributed by atoms with van der Waals surface area (Å²) in [7, 11) is 0.